The van der Waals surface area contributed by atoms with Gasteiger partial charge in [0.05, 0.1) is 5.88 Å². The monoisotopic (exact) mass is 421 g/mol. The normalized spacial score (nSPS) is 10.9. The van der Waals surface area contributed by atoms with Gasteiger partial charge in [-0.3, -0.25) is 4.79 Å². The highest BCUT2D eigenvalue weighted by molar-refractivity contribution is 7.99. The van der Waals surface area contributed by atoms with Crippen LogP contribution in [0.5, 0.6) is 5.75 Å². The number of phenols is 1. The molecule has 2 N–H and O–H groups in total. The van der Waals surface area contributed by atoms with Crippen molar-refractivity contribution < 1.29 is 9.90 Å². The van der Waals surface area contributed by atoms with Crippen LogP contribution in [0.2, 0.25) is 0 Å². The summed E-state index contributed by atoms with van der Waals surface area (Å²) in [5.41, 5.74) is 0. The Balaban J connectivity index is 1.79. The van der Waals surface area contributed by atoms with Gasteiger partial charge in [0, 0.05) is 11.3 Å². The first kappa shape index (κ1) is 25.9. The topological polar surface area (TPSA) is 49.3 Å². The number of hydrogen-bond donors (Lipinski definition) is 2. The van der Waals surface area contributed by atoms with E-state index in [2.05, 4.69) is 12.2 Å². The number of rotatable bonds is 19. The van der Waals surface area contributed by atoms with Gasteiger partial charge in [-0.25, -0.2) is 0 Å². The molecule has 0 heterocycles. The van der Waals surface area contributed by atoms with Gasteiger partial charge in [-0.1, -0.05) is 96.8 Å². The van der Waals surface area contributed by atoms with E-state index in [1.165, 1.54) is 83.5 Å². The quantitative estimate of drug-likeness (QED) is 0.136. The molecule has 29 heavy (non-hydrogen) atoms. The van der Waals surface area contributed by atoms with Crippen LogP contribution in [0.3, 0.4) is 0 Å². The molecule has 3 nitrogen and oxygen atoms in total. The number of aromatic hydroxyl groups is 1. The van der Waals surface area contributed by atoms with Gasteiger partial charge < -0.3 is 10.4 Å². The molecule has 0 aromatic heterocycles. The fourth-order valence-corrected chi connectivity index (χ4v) is 4.22. The van der Waals surface area contributed by atoms with Crippen molar-refractivity contribution in [1.29, 1.82) is 0 Å². The molecule has 0 unspecified atom stereocenters. The second-order valence-corrected chi connectivity index (χ2v) is 9.13. The molecule has 0 radical (unpaired) electrons. The number of carbonyl (C=O) groups excluding carboxylic acids is 1. The first-order valence-electron chi connectivity index (χ1n) is 11.9. The number of benzene rings is 1. The second kappa shape index (κ2) is 18.8. The fourth-order valence-electron chi connectivity index (χ4n) is 3.49. The average molecular weight is 422 g/mol. The summed E-state index contributed by atoms with van der Waals surface area (Å²) in [6.45, 7) is 2.28. The van der Waals surface area contributed by atoms with Crippen LogP contribution in [-0.2, 0) is 4.79 Å². The first-order valence-corrected chi connectivity index (χ1v) is 12.9. The summed E-state index contributed by atoms with van der Waals surface area (Å²) >= 11 is 1.58. The molecule has 1 rings (SSSR count). The van der Waals surface area contributed by atoms with Crippen LogP contribution >= 0.6 is 11.8 Å². The highest BCUT2D eigenvalue weighted by Crippen LogP contribution is 2.19. The SMILES string of the molecule is CCCCCCCCCCCCCCCCCC(=O)NCSc1ccc(O)cc1. The summed E-state index contributed by atoms with van der Waals surface area (Å²) in [5.74, 6) is 1.00. The van der Waals surface area contributed by atoms with E-state index in [1.807, 2.05) is 12.1 Å². The Morgan fingerprint density at radius 2 is 1.21 bits per heavy atom. The average Bonchev–Trinajstić information content (AvgIpc) is 2.72. The maximum absolute atomic E-state index is 11.9. The maximum atomic E-state index is 11.9. The smallest absolute Gasteiger partial charge is 0.220 e. The predicted octanol–water partition coefficient (Wildman–Crippen LogP) is 7.82. The van der Waals surface area contributed by atoms with Crippen molar-refractivity contribution >= 4 is 17.7 Å². The third kappa shape index (κ3) is 16.3. The summed E-state index contributed by atoms with van der Waals surface area (Å²) in [7, 11) is 0. The van der Waals surface area contributed by atoms with Crippen molar-refractivity contribution in [2.45, 2.75) is 115 Å². The molecule has 0 aliphatic heterocycles. The van der Waals surface area contributed by atoms with Crippen LogP contribution in [0.1, 0.15) is 110 Å². The van der Waals surface area contributed by atoms with Crippen molar-refractivity contribution in [2.24, 2.45) is 0 Å². The molecular formula is C25H43NO2S. The molecule has 0 spiro atoms. The zero-order valence-corrected chi connectivity index (χ0v) is 19.4. The minimum atomic E-state index is 0.144. The van der Waals surface area contributed by atoms with E-state index in [-0.39, 0.29) is 11.7 Å². The third-order valence-corrected chi connectivity index (χ3v) is 6.25. The van der Waals surface area contributed by atoms with Crippen LogP contribution in [0.15, 0.2) is 29.2 Å². The van der Waals surface area contributed by atoms with E-state index in [0.29, 0.717) is 12.3 Å². The number of nitrogens with one attached hydrogen (secondary N) is 1. The molecule has 0 saturated carbocycles. The molecule has 166 valence electrons. The van der Waals surface area contributed by atoms with Crippen molar-refractivity contribution in [2.75, 3.05) is 5.88 Å². The molecule has 0 saturated heterocycles. The summed E-state index contributed by atoms with van der Waals surface area (Å²) in [6, 6.07) is 7.06. The lowest BCUT2D eigenvalue weighted by atomic mass is 10.0. The van der Waals surface area contributed by atoms with Gasteiger partial charge in [0.25, 0.3) is 0 Å². The zero-order chi connectivity index (χ0) is 21.0. The molecule has 4 heteroatoms. The number of hydrogen-bond acceptors (Lipinski definition) is 3. The van der Waals surface area contributed by atoms with Gasteiger partial charge in [0.2, 0.25) is 5.91 Å². The Morgan fingerprint density at radius 3 is 1.69 bits per heavy atom. The second-order valence-electron chi connectivity index (χ2n) is 8.08. The summed E-state index contributed by atoms with van der Waals surface area (Å²) in [6.07, 6.45) is 20.8. The van der Waals surface area contributed by atoms with E-state index in [9.17, 15) is 9.90 Å². The van der Waals surface area contributed by atoms with E-state index in [1.54, 1.807) is 23.9 Å². The van der Waals surface area contributed by atoms with Crippen molar-refractivity contribution in [3.05, 3.63) is 24.3 Å². The molecule has 0 fully saturated rings. The lowest BCUT2D eigenvalue weighted by Gasteiger charge is -2.06. The zero-order valence-electron chi connectivity index (χ0n) is 18.6. The maximum Gasteiger partial charge on any atom is 0.220 e. The van der Waals surface area contributed by atoms with Gasteiger partial charge in [-0.05, 0) is 30.7 Å². The van der Waals surface area contributed by atoms with E-state index >= 15 is 0 Å². The largest absolute Gasteiger partial charge is 0.508 e. The molecule has 0 bridgehead atoms. The van der Waals surface area contributed by atoms with Crippen LogP contribution in [0.4, 0.5) is 0 Å². The van der Waals surface area contributed by atoms with E-state index in [0.717, 1.165) is 17.7 Å². The third-order valence-electron chi connectivity index (χ3n) is 5.35. The Labute approximate surface area is 183 Å². The summed E-state index contributed by atoms with van der Waals surface area (Å²) < 4.78 is 0. The molecule has 1 aromatic rings. The number of unbranched alkanes of at least 4 members (excludes halogenated alkanes) is 14. The highest BCUT2D eigenvalue weighted by Gasteiger charge is 2.01. The number of phenolic OH excluding ortho intramolecular Hbond substituents is 1. The molecule has 0 aliphatic carbocycles. The Hall–Kier alpha value is -1.16. The molecule has 0 atom stereocenters. The van der Waals surface area contributed by atoms with Gasteiger partial charge in [0.15, 0.2) is 0 Å². The van der Waals surface area contributed by atoms with E-state index < -0.39 is 0 Å². The summed E-state index contributed by atoms with van der Waals surface area (Å²) in [4.78, 5) is 12.9. The Kier molecular flexibility index (Phi) is 16.8. The van der Waals surface area contributed by atoms with Crippen LogP contribution < -0.4 is 5.32 Å². The lowest BCUT2D eigenvalue weighted by molar-refractivity contribution is -0.120. The van der Waals surface area contributed by atoms with Gasteiger partial charge in [-0.2, -0.15) is 0 Å². The number of thioether (sulfide) groups is 1. The van der Waals surface area contributed by atoms with Gasteiger partial charge in [-0.15, -0.1) is 11.8 Å². The Morgan fingerprint density at radius 1 is 0.759 bits per heavy atom. The molecule has 1 amide bonds. The van der Waals surface area contributed by atoms with Crippen molar-refractivity contribution in [1.82, 2.24) is 5.32 Å². The van der Waals surface area contributed by atoms with Crippen LogP contribution in [-0.4, -0.2) is 16.9 Å². The number of carbonyl (C=O) groups is 1. The molecule has 0 aliphatic rings. The van der Waals surface area contributed by atoms with Crippen molar-refractivity contribution in [3.8, 4) is 5.75 Å². The fraction of sp³-hybridized carbons (Fsp3) is 0.720. The highest BCUT2D eigenvalue weighted by atomic mass is 32.2. The predicted molar refractivity (Wildman–Crippen MR) is 127 cm³/mol. The first-order chi connectivity index (χ1) is 14.2. The summed E-state index contributed by atoms with van der Waals surface area (Å²) in [5, 5.41) is 12.2. The van der Waals surface area contributed by atoms with E-state index in [4.69, 9.17) is 0 Å². The standard InChI is InChI=1S/C25H43NO2S/c1-2-3-4-5-6-7-8-9-10-11-12-13-14-15-16-17-25(28)26-22-29-24-20-18-23(27)19-21-24/h18-21,27H,2-17,22H2,1H3,(H,26,28). The Bertz CT molecular complexity index is 504. The van der Waals surface area contributed by atoms with Crippen molar-refractivity contribution in [3.63, 3.8) is 0 Å². The molecular weight excluding hydrogens is 378 g/mol. The van der Waals surface area contributed by atoms with Crippen LogP contribution in [0.25, 0.3) is 0 Å². The van der Waals surface area contributed by atoms with Crippen LogP contribution in [0, 0.1) is 0 Å². The molecule has 1 aromatic carbocycles. The lowest BCUT2D eigenvalue weighted by Crippen LogP contribution is -2.22. The minimum absolute atomic E-state index is 0.144. The minimum Gasteiger partial charge on any atom is -0.508 e. The number of amides is 1. The van der Waals surface area contributed by atoms with Gasteiger partial charge >= 0.3 is 0 Å². The van der Waals surface area contributed by atoms with Gasteiger partial charge in [0.1, 0.15) is 5.75 Å².